The third-order valence-corrected chi connectivity index (χ3v) is 3.53. The summed E-state index contributed by atoms with van der Waals surface area (Å²) in [7, 11) is 1.77. The van der Waals surface area contributed by atoms with Gasteiger partial charge in [0.05, 0.1) is 21.7 Å². The predicted molar refractivity (Wildman–Crippen MR) is 75.8 cm³/mol. The van der Waals surface area contributed by atoms with Gasteiger partial charge in [0.25, 0.3) is 0 Å². The number of halogens is 2. The maximum atomic E-state index is 14.0. The number of nitrogens with zero attached hydrogens (tertiary/aromatic N) is 3. The number of hydrogen-bond donors (Lipinski definition) is 0. The van der Waals surface area contributed by atoms with Crippen LogP contribution < -0.4 is 0 Å². The van der Waals surface area contributed by atoms with Crippen molar-refractivity contribution in [1.82, 2.24) is 9.55 Å². The van der Waals surface area contributed by atoms with Gasteiger partial charge in [-0.25, -0.2) is 9.37 Å². The van der Waals surface area contributed by atoms with Crippen LogP contribution in [-0.2, 0) is 7.05 Å². The van der Waals surface area contributed by atoms with Gasteiger partial charge in [-0.1, -0.05) is 23.7 Å². The number of aryl methyl sites for hydroxylation is 1. The van der Waals surface area contributed by atoms with Crippen molar-refractivity contribution in [2.24, 2.45) is 7.05 Å². The maximum absolute atomic E-state index is 14.0. The molecule has 0 unspecified atom stereocenters. The summed E-state index contributed by atoms with van der Waals surface area (Å²) < 4.78 is 15.8. The van der Waals surface area contributed by atoms with Crippen LogP contribution in [0.25, 0.3) is 22.4 Å². The fourth-order valence-corrected chi connectivity index (χ4v) is 2.49. The van der Waals surface area contributed by atoms with Crippen LogP contribution in [0.3, 0.4) is 0 Å². The summed E-state index contributed by atoms with van der Waals surface area (Å²) in [6.45, 7) is 0. The number of fused-ring (bicyclic) bond motifs is 1. The Labute approximate surface area is 119 Å². The van der Waals surface area contributed by atoms with Gasteiger partial charge in [0.15, 0.2) is 0 Å². The molecule has 1 heterocycles. The topological polar surface area (TPSA) is 41.6 Å². The Bertz CT molecular complexity index is 841. The molecule has 0 saturated carbocycles. The highest BCUT2D eigenvalue weighted by molar-refractivity contribution is 6.33. The van der Waals surface area contributed by atoms with Gasteiger partial charge >= 0.3 is 0 Å². The number of rotatable bonds is 1. The van der Waals surface area contributed by atoms with Gasteiger partial charge in [0.2, 0.25) is 0 Å². The third kappa shape index (κ3) is 1.75. The first kappa shape index (κ1) is 12.6. The van der Waals surface area contributed by atoms with Crippen molar-refractivity contribution in [3.8, 4) is 17.5 Å². The van der Waals surface area contributed by atoms with Gasteiger partial charge in [-0.15, -0.1) is 0 Å². The largest absolute Gasteiger partial charge is 0.327 e. The van der Waals surface area contributed by atoms with E-state index in [9.17, 15) is 4.39 Å². The molecule has 0 N–H and O–H groups in total. The van der Waals surface area contributed by atoms with E-state index >= 15 is 0 Å². The molecule has 0 aliphatic heterocycles. The van der Waals surface area contributed by atoms with Crippen molar-refractivity contribution < 1.29 is 4.39 Å². The maximum Gasteiger partial charge on any atom is 0.145 e. The Hall–Kier alpha value is -2.38. The van der Waals surface area contributed by atoms with Crippen LogP contribution in [0.15, 0.2) is 36.4 Å². The molecule has 0 atom stereocenters. The minimum absolute atomic E-state index is 0.247. The average Bonchev–Trinajstić information content (AvgIpc) is 2.76. The van der Waals surface area contributed by atoms with E-state index in [-0.39, 0.29) is 5.56 Å². The Morgan fingerprint density at radius 3 is 2.70 bits per heavy atom. The molecular weight excluding hydrogens is 277 g/mol. The van der Waals surface area contributed by atoms with Gasteiger partial charge < -0.3 is 4.57 Å². The molecule has 0 bridgehead atoms. The van der Waals surface area contributed by atoms with Crippen molar-refractivity contribution in [1.29, 1.82) is 5.26 Å². The van der Waals surface area contributed by atoms with Crippen LogP contribution in [0.4, 0.5) is 4.39 Å². The molecule has 0 aliphatic rings. The Morgan fingerprint density at radius 1 is 1.25 bits per heavy atom. The van der Waals surface area contributed by atoms with E-state index in [1.807, 2.05) is 6.07 Å². The summed E-state index contributed by atoms with van der Waals surface area (Å²) in [5.74, 6) is -0.0276. The first-order chi connectivity index (χ1) is 9.63. The van der Waals surface area contributed by atoms with Crippen LogP contribution in [0.1, 0.15) is 5.56 Å². The fraction of sp³-hybridized carbons (Fsp3) is 0.0667. The van der Waals surface area contributed by atoms with Crippen molar-refractivity contribution in [3.63, 3.8) is 0 Å². The summed E-state index contributed by atoms with van der Waals surface area (Å²) in [4.78, 5) is 4.39. The molecule has 98 valence electrons. The molecule has 0 radical (unpaired) electrons. The van der Waals surface area contributed by atoms with E-state index in [2.05, 4.69) is 11.1 Å². The van der Waals surface area contributed by atoms with Crippen LogP contribution in [0.5, 0.6) is 0 Å². The molecule has 0 aliphatic carbocycles. The van der Waals surface area contributed by atoms with Gasteiger partial charge in [-0.05, 0) is 24.3 Å². The van der Waals surface area contributed by atoms with Gasteiger partial charge in [-0.3, -0.25) is 0 Å². The summed E-state index contributed by atoms with van der Waals surface area (Å²) in [5, 5.41) is 9.41. The lowest BCUT2D eigenvalue weighted by atomic mass is 10.2. The predicted octanol–water partition coefficient (Wildman–Crippen LogP) is 3.90. The van der Waals surface area contributed by atoms with Crippen molar-refractivity contribution >= 4 is 22.6 Å². The second-order valence-electron chi connectivity index (χ2n) is 4.38. The summed E-state index contributed by atoms with van der Waals surface area (Å²) in [5.41, 5.74) is 2.01. The van der Waals surface area contributed by atoms with Crippen LogP contribution in [-0.4, -0.2) is 9.55 Å². The molecular formula is C15H9ClFN3. The number of para-hydroxylation sites is 1. The Morgan fingerprint density at radius 2 is 2.00 bits per heavy atom. The molecule has 0 spiro atoms. The van der Waals surface area contributed by atoms with Crippen molar-refractivity contribution in [3.05, 3.63) is 52.8 Å². The lowest BCUT2D eigenvalue weighted by Gasteiger charge is -2.05. The van der Waals surface area contributed by atoms with Crippen LogP contribution >= 0.6 is 11.6 Å². The molecule has 3 rings (SSSR count). The van der Waals surface area contributed by atoms with Crippen molar-refractivity contribution in [2.45, 2.75) is 0 Å². The van der Waals surface area contributed by atoms with Gasteiger partial charge in [0.1, 0.15) is 23.2 Å². The summed E-state index contributed by atoms with van der Waals surface area (Å²) in [6, 6.07) is 11.9. The summed E-state index contributed by atoms with van der Waals surface area (Å²) >= 11 is 6.08. The molecule has 5 heteroatoms. The standard InChI is InChI=1S/C15H9ClFN3/c1-20-12-7-2-4-9(8-18)14(12)19-15(20)13-10(16)5-3-6-11(13)17/h2-7H,1H3. The molecule has 0 saturated heterocycles. The minimum Gasteiger partial charge on any atom is -0.327 e. The van der Waals surface area contributed by atoms with E-state index in [0.717, 1.165) is 5.52 Å². The zero-order valence-electron chi connectivity index (χ0n) is 10.6. The number of hydrogen-bond acceptors (Lipinski definition) is 2. The third-order valence-electron chi connectivity index (χ3n) is 3.22. The number of nitriles is 1. The Kier molecular flexibility index (Phi) is 2.92. The number of benzene rings is 2. The number of imidazole rings is 1. The first-order valence-electron chi connectivity index (χ1n) is 5.93. The van der Waals surface area contributed by atoms with E-state index in [1.54, 1.807) is 35.9 Å². The smallest absolute Gasteiger partial charge is 0.145 e. The lowest BCUT2D eigenvalue weighted by Crippen LogP contribution is -1.95. The quantitative estimate of drug-likeness (QED) is 0.680. The van der Waals surface area contributed by atoms with E-state index in [4.69, 9.17) is 16.9 Å². The van der Waals surface area contributed by atoms with Crippen LogP contribution in [0, 0.1) is 17.1 Å². The molecule has 3 aromatic rings. The van der Waals surface area contributed by atoms with E-state index in [1.165, 1.54) is 6.07 Å². The van der Waals surface area contributed by atoms with Crippen molar-refractivity contribution in [2.75, 3.05) is 0 Å². The normalized spacial score (nSPS) is 10.7. The molecule has 2 aromatic carbocycles. The molecule has 1 aromatic heterocycles. The van der Waals surface area contributed by atoms with Crippen LogP contribution in [0.2, 0.25) is 5.02 Å². The fourth-order valence-electron chi connectivity index (χ4n) is 2.24. The second-order valence-corrected chi connectivity index (χ2v) is 4.78. The zero-order valence-corrected chi connectivity index (χ0v) is 11.3. The highest BCUT2D eigenvalue weighted by atomic mass is 35.5. The minimum atomic E-state index is -0.436. The average molecular weight is 286 g/mol. The highest BCUT2D eigenvalue weighted by Crippen LogP contribution is 2.32. The zero-order chi connectivity index (χ0) is 14.3. The second kappa shape index (κ2) is 4.62. The molecule has 0 fully saturated rings. The van der Waals surface area contributed by atoms with Gasteiger partial charge in [0, 0.05) is 7.05 Å². The monoisotopic (exact) mass is 285 g/mol. The molecule has 20 heavy (non-hydrogen) atoms. The molecule has 0 amide bonds. The van der Waals surface area contributed by atoms with Gasteiger partial charge in [-0.2, -0.15) is 5.26 Å². The highest BCUT2D eigenvalue weighted by Gasteiger charge is 2.18. The van der Waals surface area contributed by atoms with E-state index < -0.39 is 5.82 Å². The first-order valence-corrected chi connectivity index (χ1v) is 6.31. The number of aromatic nitrogens is 2. The SMILES string of the molecule is Cn1c(-c2c(F)cccc2Cl)nc2c(C#N)cccc21. The summed E-state index contributed by atoms with van der Waals surface area (Å²) in [6.07, 6.45) is 0. The Balaban J connectivity index is 2.39. The van der Waals surface area contributed by atoms with E-state index in [0.29, 0.717) is 21.9 Å². The molecule has 3 nitrogen and oxygen atoms in total. The lowest BCUT2D eigenvalue weighted by molar-refractivity contribution is 0.629.